The Morgan fingerprint density at radius 3 is 2.80 bits per heavy atom. The van der Waals surface area contributed by atoms with Gasteiger partial charge in [0.05, 0.1) is 12.5 Å². The maximum absolute atomic E-state index is 14.1. The SMILES string of the molecule is O=c1nc(NO)ccn1[C@@H]1O[C@@](CO)(CCl)[C@@H](O)[C@H]1F. The summed E-state index contributed by atoms with van der Waals surface area (Å²) in [6.45, 7) is -0.701. The second-order valence-electron chi connectivity index (χ2n) is 4.37. The van der Waals surface area contributed by atoms with Crippen LogP contribution in [-0.4, -0.2) is 55.3 Å². The Bertz CT molecular complexity index is 538. The van der Waals surface area contributed by atoms with Crippen molar-refractivity contribution < 1.29 is 24.5 Å². The second kappa shape index (κ2) is 5.62. The van der Waals surface area contributed by atoms with Crippen LogP contribution in [0, 0.1) is 0 Å². The molecule has 0 saturated carbocycles. The first-order valence-electron chi connectivity index (χ1n) is 5.65. The van der Waals surface area contributed by atoms with Gasteiger partial charge in [-0.1, -0.05) is 0 Å². The highest BCUT2D eigenvalue weighted by Crippen LogP contribution is 2.39. The number of nitrogens with zero attached hydrogens (tertiary/aromatic N) is 2. The highest BCUT2D eigenvalue weighted by Gasteiger charge is 2.55. The summed E-state index contributed by atoms with van der Waals surface area (Å²) in [4.78, 5) is 15.1. The Morgan fingerprint density at radius 1 is 1.65 bits per heavy atom. The summed E-state index contributed by atoms with van der Waals surface area (Å²) in [7, 11) is 0. The number of aliphatic hydroxyl groups is 2. The largest absolute Gasteiger partial charge is 0.393 e. The summed E-state index contributed by atoms with van der Waals surface area (Å²) in [5, 5.41) is 27.7. The molecule has 0 amide bonds. The van der Waals surface area contributed by atoms with Gasteiger partial charge in [0.25, 0.3) is 0 Å². The van der Waals surface area contributed by atoms with E-state index in [1.165, 1.54) is 6.07 Å². The van der Waals surface area contributed by atoms with Crippen molar-refractivity contribution in [2.24, 2.45) is 0 Å². The normalized spacial score (nSPS) is 33.4. The Labute approximate surface area is 117 Å². The van der Waals surface area contributed by atoms with Crippen molar-refractivity contribution in [1.29, 1.82) is 0 Å². The monoisotopic (exact) mass is 309 g/mol. The summed E-state index contributed by atoms with van der Waals surface area (Å²) < 4.78 is 20.2. The van der Waals surface area contributed by atoms with E-state index in [1.807, 2.05) is 0 Å². The van der Waals surface area contributed by atoms with Gasteiger partial charge < -0.3 is 14.9 Å². The first-order valence-corrected chi connectivity index (χ1v) is 6.18. The number of hydrogen-bond donors (Lipinski definition) is 4. The highest BCUT2D eigenvalue weighted by molar-refractivity contribution is 6.18. The molecule has 112 valence electrons. The number of nitrogens with one attached hydrogen (secondary N) is 1. The topological polar surface area (TPSA) is 117 Å². The molecule has 4 atom stereocenters. The standard InChI is InChI=1S/C10H13ClFN3O5/c11-3-10(4-16)7(17)6(12)8(20-10)15-2-1-5(14-19)13-9(15)18/h1-2,6-8,16-17,19H,3-4H2,(H,13,14,18)/t6-,7+,8-,10-/m1/s1. The fourth-order valence-electron chi connectivity index (χ4n) is 1.98. The lowest BCUT2D eigenvalue weighted by Crippen LogP contribution is -2.47. The van der Waals surface area contributed by atoms with Gasteiger partial charge in [-0.05, 0) is 6.07 Å². The quantitative estimate of drug-likeness (QED) is 0.427. The first kappa shape index (κ1) is 15.1. The Kier molecular flexibility index (Phi) is 4.25. The van der Waals surface area contributed by atoms with Gasteiger partial charge in [-0.2, -0.15) is 4.98 Å². The number of halogens is 2. The van der Waals surface area contributed by atoms with E-state index in [4.69, 9.17) is 21.5 Å². The fourth-order valence-corrected chi connectivity index (χ4v) is 2.29. The number of hydrogen-bond acceptors (Lipinski definition) is 7. The minimum Gasteiger partial charge on any atom is -0.393 e. The molecule has 2 heterocycles. The molecule has 0 radical (unpaired) electrons. The molecule has 4 N–H and O–H groups in total. The molecule has 1 fully saturated rings. The van der Waals surface area contributed by atoms with Crippen LogP contribution in [0.5, 0.6) is 0 Å². The molecule has 1 saturated heterocycles. The second-order valence-corrected chi connectivity index (χ2v) is 4.64. The van der Waals surface area contributed by atoms with Gasteiger partial charge in [0.15, 0.2) is 18.2 Å². The molecule has 10 heteroatoms. The zero-order chi connectivity index (χ0) is 14.9. The molecule has 0 bridgehead atoms. The van der Waals surface area contributed by atoms with E-state index in [9.17, 15) is 19.4 Å². The van der Waals surface area contributed by atoms with Crippen molar-refractivity contribution in [3.05, 3.63) is 22.7 Å². The van der Waals surface area contributed by atoms with E-state index in [2.05, 4.69) is 4.98 Å². The summed E-state index contributed by atoms with van der Waals surface area (Å²) in [6, 6.07) is 1.21. The van der Waals surface area contributed by atoms with Gasteiger partial charge in [0, 0.05) is 6.20 Å². The zero-order valence-corrected chi connectivity index (χ0v) is 10.9. The van der Waals surface area contributed by atoms with Crippen molar-refractivity contribution in [3.63, 3.8) is 0 Å². The van der Waals surface area contributed by atoms with E-state index in [0.29, 0.717) is 0 Å². The summed E-state index contributed by atoms with van der Waals surface area (Å²) >= 11 is 5.61. The Morgan fingerprint density at radius 2 is 2.35 bits per heavy atom. The van der Waals surface area contributed by atoms with Gasteiger partial charge in [0.1, 0.15) is 11.7 Å². The number of ether oxygens (including phenoxy) is 1. The molecule has 2 rings (SSSR count). The average Bonchev–Trinajstić information content (AvgIpc) is 2.72. The molecule has 0 unspecified atom stereocenters. The molecule has 1 aliphatic heterocycles. The van der Waals surface area contributed by atoms with Crippen LogP contribution in [0.3, 0.4) is 0 Å². The van der Waals surface area contributed by atoms with Crippen LogP contribution in [-0.2, 0) is 4.74 Å². The lowest BCUT2D eigenvalue weighted by Gasteiger charge is -2.26. The third kappa shape index (κ3) is 2.27. The molecule has 1 aliphatic rings. The zero-order valence-electron chi connectivity index (χ0n) is 10.1. The number of aromatic nitrogens is 2. The maximum Gasteiger partial charge on any atom is 0.351 e. The van der Waals surface area contributed by atoms with Crippen molar-refractivity contribution in [2.45, 2.75) is 24.1 Å². The van der Waals surface area contributed by atoms with E-state index in [1.54, 1.807) is 5.48 Å². The highest BCUT2D eigenvalue weighted by atomic mass is 35.5. The Balaban J connectivity index is 2.37. The van der Waals surface area contributed by atoms with Crippen molar-refractivity contribution in [2.75, 3.05) is 18.0 Å². The summed E-state index contributed by atoms with van der Waals surface area (Å²) in [5.41, 5.74) is -0.903. The lowest BCUT2D eigenvalue weighted by molar-refractivity contribution is -0.115. The van der Waals surface area contributed by atoms with Gasteiger partial charge in [-0.15, -0.1) is 11.6 Å². The lowest BCUT2D eigenvalue weighted by atomic mass is 9.99. The molecule has 20 heavy (non-hydrogen) atoms. The minimum atomic E-state index is -1.96. The maximum atomic E-state index is 14.1. The van der Waals surface area contributed by atoms with Crippen molar-refractivity contribution in [3.8, 4) is 0 Å². The van der Waals surface area contributed by atoms with E-state index in [-0.39, 0.29) is 11.7 Å². The number of anilines is 1. The molecule has 1 aromatic heterocycles. The summed E-state index contributed by atoms with van der Waals surface area (Å²) in [6.07, 6.45) is -3.98. The molecule has 0 aromatic carbocycles. The van der Waals surface area contributed by atoms with E-state index < -0.39 is 36.4 Å². The first-order chi connectivity index (χ1) is 9.49. The smallest absolute Gasteiger partial charge is 0.351 e. The van der Waals surface area contributed by atoms with Crippen molar-refractivity contribution in [1.82, 2.24) is 9.55 Å². The van der Waals surface area contributed by atoms with Gasteiger partial charge in [-0.25, -0.2) is 9.18 Å². The van der Waals surface area contributed by atoms with Gasteiger partial charge >= 0.3 is 5.69 Å². The third-order valence-electron chi connectivity index (χ3n) is 3.18. The van der Waals surface area contributed by atoms with Crippen LogP contribution in [0.25, 0.3) is 0 Å². The molecule has 0 aliphatic carbocycles. The Hall–Kier alpha value is -1.26. The molecular weight excluding hydrogens is 297 g/mol. The van der Waals surface area contributed by atoms with Gasteiger partial charge in [0.2, 0.25) is 0 Å². The van der Waals surface area contributed by atoms with Crippen LogP contribution < -0.4 is 11.2 Å². The minimum absolute atomic E-state index is 0.119. The predicted molar refractivity (Wildman–Crippen MR) is 65.5 cm³/mol. The number of rotatable bonds is 4. The summed E-state index contributed by atoms with van der Waals surface area (Å²) in [5.74, 6) is -0.467. The number of alkyl halides is 2. The van der Waals surface area contributed by atoms with Crippen LogP contribution in [0.2, 0.25) is 0 Å². The number of aliphatic hydroxyl groups excluding tert-OH is 2. The van der Waals surface area contributed by atoms with Gasteiger partial charge in [-0.3, -0.25) is 15.3 Å². The van der Waals surface area contributed by atoms with E-state index >= 15 is 0 Å². The molecule has 0 spiro atoms. The molecule has 8 nitrogen and oxygen atoms in total. The van der Waals surface area contributed by atoms with Crippen LogP contribution in [0.1, 0.15) is 6.23 Å². The third-order valence-corrected chi connectivity index (χ3v) is 3.63. The predicted octanol–water partition coefficient (Wildman–Crippen LogP) is -0.758. The molecular formula is C10H13ClFN3O5. The van der Waals surface area contributed by atoms with Crippen LogP contribution in [0.15, 0.2) is 17.1 Å². The molecule has 1 aromatic rings. The average molecular weight is 310 g/mol. The van der Waals surface area contributed by atoms with Crippen LogP contribution >= 0.6 is 11.6 Å². The van der Waals surface area contributed by atoms with Crippen LogP contribution in [0.4, 0.5) is 10.2 Å². The van der Waals surface area contributed by atoms with E-state index in [0.717, 1.165) is 10.8 Å². The fraction of sp³-hybridized carbons (Fsp3) is 0.600. The van der Waals surface area contributed by atoms with Crippen molar-refractivity contribution >= 4 is 17.4 Å².